The Morgan fingerprint density at radius 3 is 2.44 bits per heavy atom. The minimum absolute atomic E-state index is 0.0911. The zero-order chi connectivity index (χ0) is 28.1. The summed E-state index contributed by atoms with van der Waals surface area (Å²) in [7, 11) is 0. The summed E-state index contributed by atoms with van der Waals surface area (Å²) in [5.41, 5.74) is -1.13. The minimum atomic E-state index is -1.23. The van der Waals surface area contributed by atoms with E-state index in [1.165, 1.54) is 4.90 Å². The van der Waals surface area contributed by atoms with E-state index >= 15 is 0 Å². The van der Waals surface area contributed by atoms with Gasteiger partial charge in [0.2, 0.25) is 17.7 Å². The molecule has 39 heavy (non-hydrogen) atoms. The van der Waals surface area contributed by atoms with Gasteiger partial charge in [-0.15, -0.1) is 0 Å². The lowest BCUT2D eigenvalue weighted by atomic mass is 9.62. The van der Waals surface area contributed by atoms with Gasteiger partial charge in [0.25, 0.3) is 0 Å². The smallest absolute Gasteiger partial charge is 0.250 e. The van der Waals surface area contributed by atoms with Gasteiger partial charge in [0.05, 0.1) is 40.8 Å². The number of hydrogen-bond donors (Lipinski definition) is 3. The average molecular weight is 554 g/mol. The van der Waals surface area contributed by atoms with Gasteiger partial charge in [0, 0.05) is 5.69 Å². The van der Waals surface area contributed by atoms with Crippen molar-refractivity contribution in [1.29, 1.82) is 0 Å². The number of nitrogens with zero attached hydrogens (tertiary/aromatic N) is 1. The number of hydrogen-bond acceptors (Lipinski definition) is 5. The summed E-state index contributed by atoms with van der Waals surface area (Å²) in [6.45, 7) is 7.49. The van der Waals surface area contributed by atoms with Crippen LogP contribution in [-0.2, 0) is 19.1 Å². The number of anilines is 2. The standard InChI is InChI=1S/C30H36ClN3O5/c1-5-17(2)22(16-35)34-25(27(37)33-21-14-10-9-13-20(21)31)30-15-18(3)29(4,39-30)23(24(30)28(34)38)26(36)32-19-11-7-6-8-12-19/h6-14,17-18,22-25,35H,5,15-16H2,1-4H3,(H,32,36)(H,33,37)/t17-,18?,22-,23-,24-,25?,29+,30?/m0/s1. The highest BCUT2D eigenvalue weighted by atomic mass is 35.5. The summed E-state index contributed by atoms with van der Waals surface area (Å²) in [5.74, 6) is -2.97. The summed E-state index contributed by atoms with van der Waals surface area (Å²) in [4.78, 5) is 43.9. The van der Waals surface area contributed by atoms with Crippen molar-refractivity contribution in [2.24, 2.45) is 23.7 Å². The summed E-state index contributed by atoms with van der Waals surface area (Å²) in [6.07, 6.45) is 1.13. The molecule has 3 fully saturated rings. The molecule has 3 amide bonds. The van der Waals surface area contributed by atoms with Crippen LogP contribution in [-0.4, -0.2) is 57.6 Å². The Morgan fingerprint density at radius 2 is 1.79 bits per heavy atom. The highest BCUT2D eigenvalue weighted by molar-refractivity contribution is 6.33. The van der Waals surface area contributed by atoms with E-state index in [4.69, 9.17) is 16.3 Å². The summed E-state index contributed by atoms with van der Waals surface area (Å²) in [6, 6.07) is 14.3. The Morgan fingerprint density at radius 1 is 1.13 bits per heavy atom. The van der Waals surface area contributed by atoms with E-state index in [0.717, 1.165) is 0 Å². The highest BCUT2D eigenvalue weighted by Crippen LogP contribution is 2.65. The molecule has 0 aromatic heterocycles. The van der Waals surface area contributed by atoms with E-state index in [2.05, 4.69) is 10.6 Å². The number of nitrogens with one attached hydrogen (secondary N) is 2. The topological polar surface area (TPSA) is 108 Å². The molecule has 3 aliphatic heterocycles. The quantitative estimate of drug-likeness (QED) is 0.451. The van der Waals surface area contributed by atoms with Crippen LogP contribution in [0.2, 0.25) is 5.02 Å². The molecule has 1 spiro atoms. The molecule has 3 unspecified atom stereocenters. The van der Waals surface area contributed by atoms with E-state index in [-0.39, 0.29) is 30.3 Å². The van der Waals surface area contributed by atoms with Crippen molar-refractivity contribution in [3.8, 4) is 0 Å². The van der Waals surface area contributed by atoms with Gasteiger partial charge in [-0.1, -0.05) is 69.1 Å². The molecule has 9 heteroatoms. The maximum Gasteiger partial charge on any atom is 0.250 e. The summed E-state index contributed by atoms with van der Waals surface area (Å²) >= 11 is 6.36. The van der Waals surface area contributed by atoms with Gasteiger partial charge in [0.15, 0.2) is 0 Å². The number of aliphatic hydroxyl groups excluding tert-OH is 1. The molecule has 8 nitrogen and oxygen atoms in total. The molecule has 3 heterocycles. The van der Waals surface area contributed by atoms with E-state index in [9.17, 15) is 19.5 Å². The molecule has 208 valence electrons. The molecule has 2 aromatic carbocycles. The van der Waals surface area contributed by atoms with Crippen molar-refractivity contribution in [1.82, 2.24) is 4.90 Å². The maximum absolute atomic E-state index is 14.4. The Labute approximate surface area is 234 Å². The number of aliphatic hydroxyl groups is 1. The van der Waals surface area contributed by atoms with Crippen molar-refractivity contribution in [3.63, 3.8) is 0 Å². The summed E-state index contributed by atoms with van der Waals surface area (Å²) in [5, 5.41) is 16.7. The lowest BCUT2D eigenvalue weighted by molar-refractivity contribution is -0.149. The largest absolute Gasteiger partial charge is 0.394 e. The summed E-state index contributed by atoms with van der Waals surface area (Å²) < 4.78 is 6.77. The number of carbonyl (C=O) groups is 3. The number of carbonyl (C=O) groups excluding carboxylic acids is 3. The fourth-order valence-electron chi connectivity index (χ4n) is 7.05. The molecule has 8 atom stereocenters. The molecular weight excluding hydrogens is 518 g/mol. The van der Waals surface area contributed by atoms with Crippen LogP contribution >= 0.6 is 11.6 Å². The number of benzene rings is 2. The number of likely N-dealkylation sites (tertiary alicyclic amines) is 1. The average Bonchev–Trinajstić information content (AvgIpc) is 3.43. The van der Waals surface area contributed by atoms with Crippen molar-refractivity contribution in [2.45, 2.75) is 63.8 Å². The number of para-hydroxylation sites is 2. The van der Waals surface area contributed by atoms with Crippen molar-refractivity contribution in [2.75, 3.05) is 17.2 Å². The van der Waals surface area contributed by atoms with Crippen LogP contribution < -0.4 is 10.6 Å². The second kappa shape index (κ2) is 10.2. The number of ether oxygens (including phenoxy) is 1. The molecule has 0 radical (unpaired) electrons. The van der Waals surface area contributed by atoms with Crippen LogP contribution in [0.15, 0.2) is 54.6 Å². The highest BCUT2D eigenvalue weighted by Gasteiger charge is 2.80. The molecule has 3 N–H and O–H groups in total. The molecule has 3 saturated heterocycles. The maximum atomic E-state index is 14.4. The zero-order valence-corrected chi connectivity index (χ0v) is 23.4. The number of fused-ring (bicyclic) bond motifs is 1. The molecule has 2 aromatic rings. The third kappa shape index (κ3) is 4.24. The van der Waals surface area contributed by atoms with Crippen LogP contribution in [0.1, 0.15) is 40.5 Å². The Hall–Kier alpha value is -2.94. The Kier molecular flexibility index (Phi) is 7.24. The third-order valence-corrected chi connectivity index (χ3v) is 9.63. The van der Waals surface area contributed by atoms with Crippen LogP contribution in [0.25, 0.3) is 0 Å². The minimum Gasteiger partial charge on any atom is -0.394 e. The molecule has 0 saturated carbocycles. The lowest BCUT2D eigenvalue weighted by Gasteiger charge is -2.39. The monoisotopic (exact) mass is 553 g/mol. The first-order valence-electron chi connectivity index (χ1n) is 13.6. The van der Waals surface area contributed by atoms with Crippen molar-refractivity contribution < 1.29 is 24.2 Å². The lowest BCUT2D eigenvalue weighted by Crippen LogP contribution is -2.57. The molecule has 5 rings (SSSR count). The van der Waals surface area contributed by atoms with Gasteiger partial charge in [-0.05, 0) is 49.4 Å². The van der Waals surface area contributed by atoms with Crippen molar-refractivity contribution >= 4 is 40.7 Å². The predicted octanol–water partition coefficient (Wildman–Crippen LogP) is 4.33. The van der Waals surface area contributed by atoms with Crippen LogP contribution in [0.4, 0.5) is 11.4 Å². The first-order valence-corrected chi connectivity index (χ1v) is 14.0. The molecule has 0 aliphatic carbocycles. The first kappa shape index (κ1) is 27.6. The Bertz CT molecular complexity index is 1270. The number of halogens is 1. The Balaban J connectivity index is 1.59. The third-order valence-electron chi connectivity index (χ3n) is 9.30. The number of rotatable bonds is 8. The van der Waals surface area contributed by atoms with E-state index < -0.39 is 41.0 Å². The fourth-order valence-corrected chi connectivity index (χ4v) is 7.24. The first-order chi connectivity index (χ1) is 18.6. The molecular formula is C30H36ClN3O5. The van der Waals surface area contributed by atoms with Crippen LogP contribution in [0.5, 0.6) is 0 Å². The second-order valence-electron chi connectivity index (χ2n) is 11.4. The van der Waals surface area contributed by atoms with Crippen LogP contribution in [0.3, 0.4) is 0 Å². The molecule has 3 aliphatic rings. The second-order valence-corrected chi connectivity index (χ2v) is 11.8. The fraction of sp³-hybridized carbons (Fsp3) is 0.500. The molecule has 2 bridgehead atoms. The van der Waals surface area contributed by atoms with E-state index in [1.54, 1.807) is 36.4 Å². The van der Waals surface area contributed by atoms with Gasteiger partial charge >= 0.3 is 0 Å². The van der Waals surface area contributed by atoms with Crippen LogP contribution in [0, 0.1) is 23.7 Å². The van der Waals surface area contributed by atoms with E-state index in [1.807, 2.05) is 45.9 Å². The van der Waals surface area contributed by atoms with E-state index in [0.29, 0.717) is 29.2 Å². The van der Waals surface area contributed by atoms with Gasteiger partial charge in [-0.25, -0.2) is 0 Å². The normalized spacial score (nSPS) is 32.6. The van der Waals surface area contributed by atoms with Crippen molar-refractivity contribution in [3.05, 3.63) is 59.6 Å². The van der Waals surface area contributed by atoms with Gasteiger partial charge in [-0.2, -0.15) is 0 Å². The van der Waals surface area contributed by atoms with Gasteiger partial charge in [0.1, 0.15) is 11.6 Å². The van der Waals surface area contributed by atoms with Gasteiger partial charge < -0.3 is 25.4 Å². The predicted molar refractivity (Wildman–Crippen MR) is 149 cm³/mol. The SMILES string of the molecule is CC[C@H](C)[C@H](CO)N1C(=O)[C@@H]2[C@@H](C(=O)Nc3ccccc3)[C@]3(C)OC2(CC3C)C1C(=O)Nc1ccccc1Cl. The van der Waals surface area contributed by atoms with Gasteiger partial charge in [-0.3, -0.25) is 14.4 Å². The number of amides is 3. The zero-order valence-electron chi connectivity index (χ0n) is 22.7.